The fraction of sp³-hybridized carbons (Fsp3) is 0.257. The van der Waals surface area contributed by atoms with E-state index < -0.39 is 45.8 Å². The number of benzene rings is 4. The number of anilines is 1. The average Bonchev–Trinajstić information content (AvgIpc) is 2.99. The van der Waals surface area contributed by atoms with Crippen molar-refractivity contribution in [2.24, 2.45) is 0 Å². The normalized spacial score (nSPS) is 12.3. The maximum atomic E-state index is 15.0. The predicted molar refractivity (Wildman–Crippen MR) is 176 cm³/mol. The van der Waals surface area contributed by atoms with Crippen LogP contribution in [0.25, 0.3) is 0 Å². The molecule has 0 aliphatic carbocycles. The van der Waals surface area contributed by atoms with E-state index in [9.17, 15) is 18.0 Å². The molecular weight excluding hydrogens is 613 g/mol. The first kappa shape index (κ1) is 33.7. The summed E-state index contributed by atoms with van der Waals surface area (Å²) in [5, 5.41) is 3.31. The second-order valence-electron chi connectivity index (χ2n) is 11.9. The SMILES string of the molecule is Cc1ccc(N(CC(=O)N(Cc2ccccc2F)C(Cc2ccccc2)C(=O)NC(C)(C)C)S(=O)(=O)c2ccc(Cl)cc2)cc1. The highest BCUT2D eigenvalue weighted by molar-refractivity contribution is 7.92. The molecule has 0 aliphatic heterocycles. The Kier molecular flexibility index (Phi) is 10.7. The van der Waals surface area contributed by atoms with E-state index in [0.717, 1.165) is 15.4 Å². The zero-order chi connectivity index (χ0) is 32.8. The first-order valence-electron chi connectivity index (χ1n) is 14.5. The lowest BCUT2D eigenvalue weighted by Gasteiger charge is -2.35. The molecule has 236 valence electrons. The van der Waals surface area contributed by atoms with Crippen LogP contribution in [0.4, 0.5) is 10.1 Å². The molecule has 0 aliphatic rings. The Balaban J connectivity index is 1.82. The number of nitrogens with zero attached hydrogens (tertiary/aromatic N) is 2. The van der Waals surface area contributed by atoms with Gasteiger partial charge in [0.05, 0.1) is 10.6 Å². The highest BCUT2D eigenvalue weighted by atomic mass is 35.5. The second-order valence-corrected chi connectivity index (χ2v) is 14.2. The average molecular weight is 650 g/mol. The van der Waals surface area contributed by atoms with Crippen molar-refractivity contribution in [2.75, 3.05) is 10.8 Å². The summed E-state index contributed by atoms with van der Waals surface area (Å²) in [6, 6.07) is 26.5. The van der Waals surface area contributed by atoms with Crippen molar-refractivity contribution in [1.82, 2.24) is 10.2 Å². The van der Waals surface area contributed by atoms with Crippen LogP contribution in [0.2, 0.25) is 5.02 Å². The largest absolute Gasteiger partial charge is 0.350 e. The van der Waals surface area contributed by atoms with Gasteiger partial charge in [0.25, 0.3) is 10.0 Å². The van der Waals surface area contributed by atoms with Gasteiger partial charge in [0.1, 0.15) is 18.4 Å². The van der Waals surface area contributed by atoms with Crippen molar-refractivity contribution in [3.63, 3.8) is 0 Å². The summed E-state index contributed by atoms with van der Waals surface area (Å²) in [6.45, 7) is 6.44. The molecule has 0 fully saturated rings. The molecule has 0 saturated carbocycles. The highest BCUT2D eigenvalue weighted by Gasteiger charge is 2.36. The molecule has 4 aromatic carbocycles. The van der Waals surface area contributed by atoms with E-state index in [0.29, 0.717) is 5.02 Å². The molecule has 0 bridgehead atoms. The summed E-state index contributed by atoms with van der Waals surface area (Å²) in [7, 11) is -4.27. The standard InChI is InChI=1S/C35H37ClFN3O4S/c1-25-14-18-29(19-15-25)40(45(43,44)30-20-16-28(36)17-21-30)24-33(41)39(23-27-12-8-9-13-31(27)37)32(34(42)38-35(2,3)4)22-26-10-6-5-7-11-26/h5-21,32H,22-24H2,1-4H3,(H,38,42). The Morgan fingerprint density at radius 1 is 0.867 bits per heavy atom. The number of rotatable bonds is 11. The van der Waals surface area contributed by atoms with Crippen LogP contribution in [0.5, 0.6) is 0 Å². The molecule has 0 saturated heterocycles. The van der Waals surface area contributed by atoms with E-state index in [1.54, 1.807) is 36.4 Å². The first-order chi connectivity index (χ1) is 21.2. The third-order valence-corrected chi connectivity index (χ3v) is 9.11. The van der Waals surface area contributed by atoms with Gasteiger partial charge in [0, 0.05) is 29.1 Å². The number of sulfonamides is 1. The Bertz CT molecular complexity index is 1730. The van der Waals surface area contributed by atoms with Crippen LogP contribution < -0.4 is 9.62 Å². The summed E-state index contributed by atoms with van der Waals surface area (Å²) in [5.41, 5.74) is 1.49. The smallest absolute Gasteiger partial charge is 0.264 e. The molecule has 10 heteroatoms. The van der Waals surface area contributed by atoms with Crippen molar-refractivity contribution < 1.29 is 22.4 Å². The summed E-state index contributed by atoms with van der Waals surface area (Å²) in [6.07, 6.45) is 0.122. The van der Waals surface area contributed by atoms with Crippen molar-refractivity contribution >= 4 is 39.1 Å². The number of halogens is 2. The van der Waals surface area contributed by atoms with Crippen molar-refractivity contribution in [3.05, 3.63) is 131 Å². The Hall–Kier alpha value is -4.21. The number of hydrogen-bond acceptors (Lipinski definition) is 4. The quantitative estimate of drug-likeness (QED) is 0.200. The van der Waals surface area contributed by atoms with Crippen molar-refractivity contribution in [3.8, 4) is 0 Å². The number of amides is 2. The van der Waals surface area contributed by atoms with Crippen molar-refractivity contribution in [2.45, 2.75) is 57.1 Å². The third-order valence-electron chi connectivity index (χ3n) is 7.07. The molecule has 1 N–H and O–H groups in total. The predicted octanol–water partition coefficient (Wildman–Crippen LogP) is 6.54. The van der Waals surface area contributed by atoms with E-state index in [-0.39, 0.29) is 29.1 Å². The maximum absolute atomic E-state index is 15.0. The molecule has 45 heavy (non-hydrogen) atoms. The fourth-order valence-electron chi connectivity index (χ4n) is 4.79. The highest BCUT2D eigenvalue weighted by Crippen LogP contribution is 2.26. The van der Waals surface area contributed by atoms with Gasteiger partial charge in [0.15, 0.2) is 0 Å². The third kappa shape index (κ3) is 8.93. The van der Waals surface area contributed by atoms with Crippen LogP contribution in [-0.4, -0.2) is 43.3 Å². The summed E-state index contributed by atoms with van der Waals surface area (Å²) >= 11 is 6.03. The van der Waals surface area contributed by atoms with Crippen LogP contribution in [0.15, 0.2) is 108 Å². The molecule has 1 unspecified atom stereocenters. The minimum Gasteiger partial charge on any atom is -0.350 e. The van der Waals surface area contributed by atoms with E-state index in [4.69, 9.17) is 11.6 Å². The molecule has 4 rings (SSSR count). The Labute approximate surface area is 269 Å². The van der Waals surface area contributed by atoms with E-state index in [1.165, 1.54) is 41.3 Å². The molecule has 1 atom stereocenters. The number of carbonyl (C=O) groups excluding carboxylic acids is 2. The first-order valence-corrected chi connectivity index (χ1v) is 16.3. The molecule has 0 spiro atoms. The van der Waals surface area contributed by atoms with Gasteiger partial charge in [-0.2, -0.15) is 0 Å². The lowest BCUT2D eigenvalue weighted by atomic mass is 10.0. The van der Waals surface area contributed by atoms with Crippen LogP contribution in [-0.2, 0) is 32.6 Å². The summed E-state index contributed by atoms with van der Waals surface area (Å²) in [4.78, 5) is 29.5. The van der Waals surface area contributed by atoms with Crippen LogP contribution in [0.1, 0.15) is 37.5 Å². The Morgan fingerprint density at radius 2 is 1.47 bits per heavy atom. The van der Waals surface area contributed by atoms with Gasteiger partial charge < -0.3 is 10.2 Å². The van der Waals surface area contributed by atoms with Gasteiger partial charge in [-0.05, 0) is 75.7 Å². The van der Waals surface area contributed by atoms with Crippen LogP contribution in [0.3, 0.4) is 0 Å². The molecular formula is C35H37ClFN3O4S. The topological polar surface area (TPSA) is 86.8 Å². The molecule has 0 radical (unpaired) electrons. The summed E-state index contributed by atoms with van der Waals surface area (Å²) < 4.78 is 44.1. The van der Waals surface area contributed by atoms with Crippen molar-refractivity contribution in [1.29, 1.82) is 0 Å². The number of carbonyl (C=O) groups is 2. The summed E-state index contributed by atoms with van der Waals surface area (Å²) in [5.74, 6) is -1.67. The number of nitrogens with one attached hydrogen (secondary N) is 1. The molecule has 7 nitrogen and oxygen atoms in total. The zero-order valence-corrected chi connectivity index (χ0v) is 27.3. The Morgan fingerprint density at radius 3 is 2.07 bits per heavy atom. The lowest BCUT2D eigenvalue weighted by Crippen LogP contribution is -2.56. The van der Waals surface area contributed by atoms with E-state index in [1.807, 2.05) is 58.0 Å². The van der Waals surface area contributed by atoms with E-state index >= 15 is 4.39 Å². The molecule has 0 aromatic heterocycles. The van der Waals surface area contributed by atoms with Gasteiger partial charge in [-0.3, -0.25) is 13.9 Å². The minimum absolute atomic E-state index is 0.0627. The van der Waals surface area contributed by atoms with Crippen LogP contribution in [0, 0.1) is 12.7 Å². The number of hydrogen-bond donors (Lipinski definition) is 1. The minimum atomic E-state index is -4.27. The van der Waals surface area contributed by atoms with Gasteiger partial charge in [-0.25, -0.2) is 12.8 Å². The molecule has 2 amide bonds. The van der Waals surface area contributed by atoms with Gasteiger partial charge >= 0.3 is 0 Å². The van der Waals surface area contributed by atoms with Crippen LogP contribution >= 0.6 is 11.6 Å². The fourth-order valence-corrected chi connectivity index (χ4v) is 6.33. The van der Waals surface area contributed by atoms with Gasteiger partial charge in [0.2, 0.25) is 11.8 Å². The van der Waals surface area contributed by atoms with E-state index in [2.05, 4.69) is 5.32 Å². The second kappa shape index (κ2) is 14.3. The monoisotopic (exact) mass is 649 g/mol. The van der Waals surface area contributed by atoms with Gasteiger partial charge in [-0.15, -0.1) is 0 Å². The maximum Gasteiger partial charge on any atom is 0.264 e. The lowest BCUT2D eigenvalue weighted by molar-refractivity contribution is -0.140. The number of aryl methyl sites for hydroxylation is 1. The molecule has 4 aromatic rings. The molecule has 0 heterocycles. The zero-order valence-electron chi connectivity index (χ0n) is 25.7. The van der Waals surface area contributed by atoms with Gasteiger partial charge in [-0.1, -0.05) is 77.8 Å².